The SMILES string of the molecule is N#Cc1nccn1Cc1ccc(N)cc1C(F)(F)F. The minimum Gasteiger partial charge on any atom is -0.399 e. The van der Waals surface area contributed by atoms with E-state index in [9.17, 15) is 13.2 Å². The number of halogens is 3. The quantitative estimate of drug-likeness (QED) is 0.849. The van der Waals surface area contributed by atoms with Gasteiger partial charge in [-0.15, -0.1) is 0 Å². The smallest absolute Gasteiger partial charge is 0.399 e. The number of hydrogen-bond donors (Lipinski definition) is 1. The first-order chi connectivity index (χ1) is 8.91. The van der Waals surface area contributed by atoms with E-state index in [1.165, 1.54) is 29.1 Å². The van der Waals surface area contributed by atoms with Gasteiger partial charge in [0, 0.05) is 18.1 Å². The van der Waals surface area contributed by atoms with Gasteiger partial charge in [0.25, 0.3) is 0 Å². The maximum atomic E-state index is 12.9. The molecule has 0 radical (unpaired) electrons. The van der Waals surface area contributed by atoms with Crippen LogP contribution in [0.4, 0.5) is 18.9 Å². The van der Waals surface area contributed by atoms with E-state index in [-0.39, 0.29) is 23.6 Å². The number of nitriles is 1. The molecule has 2 aromatic rings. The van der Waals surface area contributed by atoms with Crippen LogP contribution in [0.1, 0.15) is 17.0 Å². The van der Waals surface area contributed by atoms with Crippen molar-refractivity contribution in [2.45, 2.75) is 12.7 Å². The number of hydrogen-bond acceptors (Lipinski definition) is 3. The van der Waals surface area contributed by atoms with Crippen molar-refractivity contribution in [3.63, 3.8) is 0 Å². The van der Waals surface area contributed by atoms with Crippen molar-refractivity contribution in [3.05, 3.63) is 47.5 Å². The zero-order valence-corrected chi connectivity index (χ0v) is 9.65. The predicted octanol–water partition coefficient (Wildman–Crippen LogP) is 2.40. The first kappa shape index (κ1) is 13.0. The second-order valence-corrected chi connectivity index (χ2v) is 3.90. The van der Waals surface area contributed by atoms with Crippen LogP contribution in [-0.2, 0) is 12.7 Å². The third kappa shape index (κ3) is 2.68. The van der Waals surface area contributed by atoms with Gasteiger partial charge in [-0.05, 0) is 17.7 Å². The number of nitrogens with two attached hydrogens (primary N) is 1. The zero-order valence-electron chi connectivity index (χ0n) is 9.65. The van der Waals surface area contributed by atoms with Gasteiger partial charge in [-0.2, -0.15) is 18.4 Å². The summed E-state index contributed by atoms with van der Waals surface area (Å²) in [5.41, 5.74) is 4.66. The highest BCUT2D eigenvalue weighted by Crippen LogP contribution is 2.33. The van der Waals surface area contributed by atoms with Gasteiger partial charge in [0.05, 0.1) is 12.1 Å². The van der Waals surface area contributed by atoms with Gasteiger partial charge >= 0.3 is 6.18 Å². The highest BCUT2D eigenvalue weighted by Gasteiger charge is 2.33. The molecule has 0 spiro atoms. The molecule has 0 unspecified atom stereocenters. The molecule has 0 amide bonds. The molecule has 4 nitrogen and oxygen atoms in total. The van der Waals surface area contributed by atoms with E-state index in [2.05, 4.69) is 4.98 Å². The second kappa shape index (κ2) is 4.65. The Morgan fingerprint density at radius 2 is 2.11 bits per heavy atom. The summed E-state index contributed by atoms with van der Waals surface area (Å²) in [6.45, 7) is -0.0853. The molecule has 1 aromatic heterocycles. The second-order valence-electron chi connectivity index (χ2n) is 3.90. The Bertz CT molecular complexity index is 637. The van der Waals surface area contributed by atoms with E-state index in [1.54, 1.807) is 0 Å². The highest BCUT2D eigenvalue weighted by molar-refractivity contribution is 5.46. The fourth-order valence-electron chi connectivity index (χ4n) is 1.73. The van der Waals surface area contributed by atoms with Gasteiger partial charge in [-0.3, -0.25) is 0 Å². The average molecular weight is 266 g/mol. The van der Waals surface area contributed by atoms with Crippen molar-refractivity contribution in [1.82, 2.24) is 9.55 Å². The highest BCUT2D eigenvalue weighted by atomic mass is 19.4. The Morgan fingerprint density at radius 3 is 2.74 bits per heavy atom. The lowest BCUT2D eigenvalue weighted by atomic mass is 10.1. The fourth-order valence-corrected chi connectivity index (χ4v) is 1.73. The Labute approximate surface area is 106 Å². The van der Waals surface area contributed by atoms with Crippen molar-refractivity contribution < 1.29 is 13.2 Å². The summed E-state index contributed by atoms with van der Waals surface area (Å²) in [5.74, 6) is 0.0601. The van der Waals surface area contributed by atoms with Crippen LogP contribution >= 0.6 is 0 Å². The lowest BCUT2D eigenvalue weighted by Crippen LogP contribution is -2.13. The summed E-state index contributed by atoms with van der Waals surface area (Å²) in [5, 5.41) is 8.78. The molecule has 98 valence electrons. The molecular weight excluding hydrogens is 257 g/mol. The van der Waals surface area contributed by atoms with Gasteiger partial charge in [-0.25, -0.2) is 4.98 Å². The van der Waals surface area contributed by atoms with Crippen molar-refractivity contribution in [1.29, 1.82) is 5.26 Å². The molecule has 0 aliphatic rings. The summed E-state index contributed by atoms with van der Waals surface area (Å²) in [7, 11) is 0. The van der Waals surface area contributed by atoms with E-state index in [1.807, 2.05) is 6.07 Å². The molecule has 0 fully saturated rings. The molecule has 0 bridgehead atoms. The molecule has 19 heavy (non-hydrogen) atoms. The number of aromatic nitrogens is 2. The van der Waals surface area contributed by atoms with Gasteiger partial charge < -0.3 is 10.3 Å². The molecule has 0 saturated heterocycles. The van der Waals surface area contributed by atoms with E-state index >= 15 is 0 Å². The number of rotatable bonds is 2. The first-order valence-corrected chi connectivity index (χ1v) is 5.28. The number of alkyl halides is 3. The van der Waals surface area contributed by atoms with E-state index in [0.29, 0.717) is 0 Å². The predicted molar refractivity (Wildman–Crippen MR) is 61.9 cm³/mol. The first-order valence-electron chi connectivity index (χ1n) is 5.28. The van der Waals surface area contributed by atoms with Crippen molar-refractivity contribution in [2.75, 3.05) is 5.73 Å². The zero-order chi connectivity index (χ0) is 14.0. The number of imidazole rings is 1. The normalized spacial score (nSPS) is 11.3. The molecule has 0 atom stereocenters. The van der Waals surface area contributed by atoms with Gasteiger partial charge in [0.15, 0.2) is 0 Å². The maximum Gasteiger partial charge on any atom is 0.416 e. The fraction of sp³-hybridized carbons (Fsp3) is 0.167. The third-order valence-corrected chi connectivity index (χ3v) is 2.60. The molecule has 7 heteroatoms. The number of anilines is 1. The van der Waals surface area contributed by atoms with Crippen molar-refractivity contribution in [3.8, 4) is 6.07 Å². The molecule has 0 aliphatic heterocycles. The van der Waals surface area contributed by atoms with Crippen LogP contribution in [0.2, 0.25) is 0 Å². The summed E-state index contributed by atoms with van der Waals surface area (Å²) in [6, 6.07) is 5.40. The van der Waals surface area contributed by atoms with Crippen molar-refractivity contribution in [2.24, 2.45) is 0 Å². The molecular formula is C12H9F3N4. The molecule has 1 heterocycles. The molecule has 1 aromatic carbocycles. The van der Waals surface area contributed by atoms with E-state index < -0.39 is 11.7 Å². The number of benzene rings is 1. The Kier molecular flexibility index (Phi) is 3.17. The summed E-state index contributed by atoms with van der Waals surface area (Å²) < 4.78 is 40.0. The largest absolute Gasteiger partial charge is 0.416 e. The minimum absolute atomic E-state index is 0.0381. The Hall–Kier alpha value is -2.49. The average Bonchev–Trinajstić information content (AvgIpc) is 2.77. The maximum absolute atomic E-state index is 12.9. The molecule has 0 aliphatic carbocycles. The lowest BCUT2D eigenvalue weighted by molar-refractivity contribution is -0.138. The van der Waals surface area contributed by atoms with E-state index in [0.717, 1.165) is 6.07 Å². The van der Waals surface area contributed by atoms with Crippen LogP contribution in [-0.4, -0.2) is 9.55 Å². The van der Waals surface area contributed by atoms with Gasteiger partial charge in [0.2, 0.25) is 5.82 Å². The topological polar surface area (TPSA) is 67.6 Å². The van der Waals surface area contributed by atoms with Gasteiger partial charge in [-0.1, -0.05) is 6.07 Å². The number of nitrogen functional groups attached to an aromatic ring is 1. The Morgan fingerprint density at radius 1 is 1.37 bits per heavy atom. The molecule has 2 N–H and O–H groups in total. The van der Waals surface area contributed by atoms with Crippen LogP contribution in [0.3, 0.4) is 0 Å². The summed E-state index contributed by atoms with van der Waals surface area (Å²) >= 11 is 0. The third-order valence-electron chi connectivity index (χ3n) is 2.60. The summed E-state index contributed by atoms with van der Waals surface area (Å²) in [4.78, 5) is 3.74. The minimum atomic E-state index is -4.49. The van der Waals surface area contributed by atoms with Crippen LogP contribution < -0.4 is 5.73 Å². The lowest BCUT2D eigenvalue weighted by Gasteiger charge is -2.14. The van der Waals surface area contributed by atoms with Crippen LogP contribution in [0, 0.1) is 11.3 Å². The van der Waals surface area contributed by atoms with Crippen LogP contribution in [0.5, 0.6) is 0 Å². The van der Waals surface area contributed by atoms with Crippen LogP contribution in [0.25, 0.3) is 0 Å². The monoisotopic (exact) mass is 266 g/mol. The standard InChI is InChI=1S/C12H9F3N4/c13-12(14,15)10-5-9(17)2-1-8(10)7-19-4-3-18-11(19)6-16/h1-5H,7,17H2. The summed E-state index contributed by atoms with van der Waals surface area (Å²) in [6.07, 6.45) is -1.67. The number of nitrogens with zero attached hydrogens (tertiary/aromatic N) is 3. The van der Waals surface area contributed by atoms with Crippen LogP contribution in [0.15, 0.2) is 30.6 Å². The van der Waals surface area contributed by atoms with Crippen molar-refractivity contribution >= 4 is 5.69 Å². The van der Waals surface area contributed by atoms with E-state index in [4.69, 9.17) is 11.0 Å². The Balaban J connectivity index is 2.44. The van der Waals surface area contributed by atoms with Gasteiger partial charge in [0.1, 0.15) is 6.07 Å². The molecule has 2 rings (SSSR count). The molecule has 0 saturated carbocycles.